The molecule has 0 aromatic carbocycles. The maximum absolute atomic E-state index is 11.4. The number of β-lactam (4-membered cyclic amide) rings is 1. The van der Waals surface area contributed by atoms with Gasteiger partial charge in [0.2, 0.25) is 5.91 Å². The second kappa shape index (κ2) is 2.04. The minimum atomic E-state index is 0.144. The van der Waals surface area contributed by atoms with E-state index in [9.17, 15) is 4.79 Å². The first-order chi connectivity index (χ1) is 5.83. The Bertz CT molecular complexity index is 228. The van der Waals surface area contributed by atoms with E-state index < -0.39 is 0 Å². The normalized spacial score (nSPS) is 38.0. The Morgan fingerprint density at radius 3 is 2.33 bits per heavy atom. The molecule has 1 saturated heterocycles. The fraction of sp³-hybridized carbons (Fsp3) is 0.900. The molecule has 1 aliphatic heterocycles. The molecule has 1 unspecified atom stereocenters. The first-order valence-electron chi connectivity index (χ1n) is 5.14. The highest BCUT2D eigenvalue weighted by Gasteiger charge is 2.60. The van der Waals surface area contributed by atoms with Gasteiger partial charge in [0.05, 0.1) is 5.41 Å². The number of rotatable bonds is 1. The van der Waals surface area contributed by atoms with Crippen LogP contribution in [0.4, 0.5) is 0 Å². The minimum absolute atomic E-state index is 0.144. The zero-order valence-electron chi connectivity index (χ0n) is 7.31. The minimum Gasteiger partial charge on any atom is -0.351 e. The van der Waals surface area contributed by atoms with Crippen LogP contribution in [0.3, 0.4) is 0 Å². The molecule has 0 aromatic heterocycles. The summed E-state index contributed by atoms with van der Waals surface area (Å²) < 4.78 is 0. The maximum atomic E-state index is 11.4. The SMILES string of the molecule is O=C1NC(C2CCC2)C12CCC2. The first kappa shape index (κ1) is 6.93. The van der Waals surface area contributed by atoms with Crippen LogP contribution in [0.25, 0.3) is 0 Å². The lowest BCUT2D eigenvalue weighted by atomic mass is 9.53. The Kier molecular flexibility index (Phi) is 1.18. The summed E-state index contributed by atoms with van der Waals surface area (Å²) in [6, 6.07) is 0.576. The topological polar surface area (TPSA) is 29.1 Å². The molecule has 1 spiro atoms. The van der Waals surface area contributed by atoms with Crippen LogP contribution in [0.15, 0.2) is 0 Å². The number of amides is 1. The predicted molar refractivity (Wildman–Crippen MR) is 45.6 cm³/mol. The molecule has 2 aliphatic carbocycles. The number of nitrogens with one attached hydrogen (secondary N) is 1. The maximum Gasteiger partial charge on any atom is 0.228 e. The first-order valence-corrected chi connectivity index (χ1v) is 5.14. The molecule has 3 aliphatic rings. The number of carbonyl (C=O) groups is 1. The van der Waals surface area contributed by atoms with E-state index in [0.717, 1.165) is 5.92 Å². The lowest BCUT2D eigenvalue weighted by Gasteiger charge is -2.58. The summed E-state index contributed by atoms with van der Waals surface area (Å²) in [5, 5.41) is 3.10. The van der Waals surface area contributed by atoms with Crippen LogP contribution in [0, 0.1) is 11.3 Å². The zero-order chi connectivity index (χ0) is 8.18. The Morgan fingerprint density at radius 1 is 1.25 bits per heavy atom. The van der Waals surface area contributed by atoms with Crippen LogP contribution in [-0.2, 0) is 4.79 Å². The number of hydrogen-bond acceptors (Lipinski definition) is 1. The lowest BCUT2D eigenvalue weighted by molar-refractivity contribution is -0.160. The predicted octanol–water partition coefficient (Wildman–Crippen LogP) is 1.46. The highest BCUT2D eigenvalue weighted by Crippen LogP contribution is 2.54. The quantitative estimate of drug-likeness (QED) is 0.585. The largest absolute Gasteiger partial charge is 0.351 e. The molecule has 0 aromatic rings. The summed E-state index contributed by atoms with van der Waals surface area (Å²) in [5.41, 5.74) is 0.144. The highest BCUT2D eigenvalue weighted by atomic mass is 16.2. The summed E-state index contributed by atoms with van der Waals surface area (Å²) in [7, 11) is 0. The van der Waals surface area contributed by atoms with Crippen LogP contribution in [0.2, 0.25) is 0 Å². The van der Waals surface area contributed by atoms with Gasteiger partial charge in [-0.3, -0.25) is 4.79 Å². The Labute approximate surface area is 72.7 Å². The van der Waals surface area contributed by atoms with Crippen LogP contribution in [0.1, 0.15) is 38.5 Å². The van der Waals surface area contributed by atoms with Gasteiger partial charge in [-0.2, -0.15) is 0 Å². The molecule has 66 valence electrons. The van der Waals surface area contributed by atoms with Crippen molar-refractivity contribution in [3.63, 3.8) is 0 Å². The number of hydrogen-bond donors (Lipinski definition) is 1. The summed E-state index contributed by atoms with van der Waals surface area (Å²) in [6.45, 7) is 0. The highest BCUT2D eigenvalue weighted by molar-refractivity contribution is 5.91. The average Bonchev–Trinajstić information content (AvgIpc) is 1.78. The molecule has 3 fully saturated rings. The molecule has 12 heavy (non-hydrogen) atoms. The molecule has 0 bridgehead atoms. The van der Waals surface area contributed by atoms with E-state index >= 15 is 0 Å². The standard InChI is InChI=1S/C10H15NO/c12-9-10(5-2-6-10)8(11-9)7-3-1-4-7/h7-8H,1-6H2,(H,11,12). The van der Waals surface area contributed by atoms with Crippen molar-refractivity contribution >= 4 is 5.91 Å². The van der Waals surface area contributed by atoms with E-state index in [1.54, 1.807) is 0 Å². The van der Waals surface area contributed by atoms with Gasteiger partial charge in [-0.1, -0.05) is 12.8 Å². The zero-order valence-corrected chi connectivity index (χ0v) is 7.31. The van der Waals surface area contributed by atoms with E-state index in [2.05, 4.69) is 5.32 Å². The van der Waals surface area contributed by atoms with E-state index in [1.807, 2.05) is 0 Å². The molecular weight excluding hydrogens is 150 g/mol. The van der Waals surface area contributed by atoms with Crippen molar-refractivity contribution in [1.82, 2.24) is 5.32 Å². The van der Waals surface area contributed by atoms with Gasteiger partial charge in [-0.25, -0.2) is 0 Å². The van der Waals surface area contributed by atoms with Crippen molar-refractivity contribution in [1.29, 1.82) is 0 Å². The summed E-state index contributed by atoms with van der Waals surface area (Å²) in [4.78, 5) is 11.4. The van der Waals surface area contributed by atoms with E-state index in [0.29, 0.717) is 11.9 Å². The van der Waals surface area contributed by atoms with E-state index in [1.165, 1.54) is 38.5 Å². The van der Waals surface area contributed by atoms with Crippen molar-refractivity contribution in [2.75, 3.05) is 0 Å². The van der Waals surface area contributed by atoms with Crippen molar-refractivity contribution < 1.29 is 4.79 Å². The third kappa shape index (κ3) is 0.606. The summed E-state index contributed by atoms with van der Waals surface area (Å²) in [5.74, 6) is 1.19. The smallest absolute Gasteiger partial charge is 0.228 e. The van der Waals surface area contributed by atoms with Gasteiger partial charge in [-0.15, -0.1) is 0 Å². The van der Waals surface area contributed by atoms with E-state index in [-0.39, 0.29) is 5.41 Å². The van der Waals surface area contributed by atoms with Gasteiger partial charge in [0.1, 0.15) is 0 Å². The molecule has 2 heteroatoms. The van der Waals surface area contributed by atoms with Gasteiger partial charge in [0.25, 0.3) is 0 Å². The van der Waals surface area contributed by atoms with Gasteiger partial charge in [0, 0.05) is 6.04 Å². The molecule has 3 rings (SSSR count). The Hall–Kier alpha value is -0.530. The molecule has 2 saturated carbocycles. The summed E-state index contributed by atoms with van der Waals surface area (Å²) in [6.07, 6.45) is 7.70. The second-order valence-electron chi connectivity index (χ2n) is 4.65. The van der Waals surface area contributed by atoms with Crippen molar-refractivity contribution in [3.05, 3.63) is 0 Å². The Morgan fingerprint density at radius 2 is 2.00 bits per heavy atom. The molecule has 2 nitrogen and oxygen atoms in total. The van der Waals surface area contributed by atoms with Gasteiger partial charge in [-0.05, 0) is 31.6 Å². The van der Waals surface area contributed by atoms with E-state index in [4.69, 9.17) is 0 Å². The van der Waals surface area contributed by atoms with Crippen LogP contribution < -0.4 is 5.32 Å². The average molecular weight is 165 g/mol. The van der Waals surface area contributed by atoms with Crippen LogP contribution >= 0.6 is 0 Å². The molecule has 1 amide bonds. The molecule has 0 radical (unpaired) electrons. The monoisotopic (exact) mass is 165 g/mol. The summed E-state index contributed by atoms with van der Waals surface area (Å²) >= 11 is 0. The second-order valence-corrected chi connectivity index (χ2v) is 4.65. The molecule has 1 heterocycles. The van der Waals surface area contributed by atoms with Crippen molar-refractivity contribution in [2.24, 2.45) is 11.3 Å². The lowest BCUT2D eigenvalue weighted by Crippen LogP contribution is -2.72. The molecule has 1 atom stereocenters. The molecule has 1 N–H and O–H groups in total. The Balaban J connectivity index is 1.76. The van der Waals surface area contributed by atoms with Gasteiger partial charge >= 0.3 is 0 Å². The van der Waals surface area contributed by atoms with Gasteiger partial charge in [0.15, 0.2) is 0 Å². The molecular formula is C10H15NO. The van der Waals surface area contributed by atoms with Gasteiger partial charge < -0.3 is 5.32 Å². The van der Waals surface area contributed by atoms with Crippen molar-refractivity contribution in [2.45, 2.75) is 44.6 Å². The fourth-order valence-electron chi connectivity index (χ4n) is 2.92. The third-order valence-electron chi connectivity index (χ3n) is 4.20. The van der Waals surface area contributed by atoms with Crippen molar-refractivity contribution in [3.8, 4) is 0 Å². The van der Waals surface area contributed by atoms with Crippen LogP contribution in [0.5, 0.6) is 0 Å². The number of carbonyl (C=O) groups excluding carboxylic acids is 1. The van der Waals surface area contributed by atoms with Crippen LogP contribution in [-0.4, -0.2) is 11.9 Å². The third-order valence-corrected chi connectivity index (χ3v) is 4.20. The fourth-order valence-corrected chi connectivity index (χ4v) is 2.92.